The van der Waals surface area contributed by atoms with E-state index in [1.807, 2.05) is 13.8 Å². The number of unbranched alkanes of at least 4 members (excludes halogenated alkanes) is 3. The molecule has 1 aromatic heterocycles. The number of nitrogens with two attached hydrogens (primary N) is 1. The normalized spacial score (nSPS) is 10.9. The lowest BCUT2D eigenvalue weighted by Crippen LogP contribution is -2.42. The number of aromatic nitrogens is 2. The second-order valence-electron chi connectivity index (χ2n) is 7.16. The number of halogens is 2. The first kappa shape index (κ1) is 24.0. The molecule has 0 radical (unpaired) electrons. The van der Waals surface area contributed by atoms with Crippen molar-refractivity contribution < 1.29 is 4.79 Å². The Kier molecular flexibility index (Phi) is 8.99. The van der Waals surface area contributed by atoms with Gasteiger partial charge in [0, 0.05) is 23.1 Å². The summed E-state index contributed by atoms with van der Waals surface area (Å²) in [5.74, 6) is -0.322. The van der Waals surface area contributed by atoms with Crippen molar-refractivity contribution in [2.24, 2.45) is 0 Å². The second kappa shape index (κ2) is 11.2. The van der Waals surface area contributed by atoms with Gasteiger partial charge in [0.2, 0.25) is 5.91 Å². The molecule has 0 bridgehead atoms. The summed E-state index contributed by atoms with van der Waals surface area (Å²) >= 11 is 12.2. The highest BCUT2D eigenvalue weighted by Gasteiger charge is 2.24. The lowest BCUT2D eigenvalue weighted by Gasteiger charge is -2.25. The molecule has 0 fully saturated rings. The third-order valence-electron chi connectivity index (χ3n) is 4.86. The van der Waals surface area contributed by atoms with Crippen LogP contribution in [0.4, 0.5) is 11.5 Å². The molecule has 1 aromatic carbocycles. The number of carbonyl (C=O) groups excluding carboxylic acids is 1. The Hall–Kier alpha value is -2.25. The molecule has 3 N–H and O–H groups in total. The molecule has 30 heavy (non-hydrogen) atoms. The van der Waals surface area contributed by atoms with Crippen LogP contribution in [-0.4, -0.2) is 22.0 Å². The van der Waals surface area contributed by atoms with Crippen molar-refractivity contribution >= 4 is 40.6 Å². The van der Waals surface area contributed by atoms with Crippen molar-refractivity contribution in [3.8, 4) is 0 Å². The summed E-state index contributed by atoms with van der Waals surface area (Å²) in [5, 5.41) is 0.846. The molecule has 2 rings (SSSR count). The number of amides is 1. The molecule has 0 aliphatic carbocycles. The van der Waals surface area contributed by atoms with E-state index < -0.39 is 11.2 Å². The van der Waals surface area contributed by atoms with E-state index in [1.54, 1.807) is 18.2 Å². The maximum absolute atomic E-state index is 13.2. The van der Waals surface area contributed by atoms with Gasteiger partial charge < -0.3 is 10.6 Å². The van der Waals surface area contributed by atoms with E-state index in [1.165, 1.54) is 9.47 Å². The molecule has 1 heterocycles. The SMILES string of the molecule is CCCCCN(C(=O)Cc1ccc(Cl)cc1Cl)c1c(N)n(CCCC)c(=O)[nH]c1=O. The van der Waals surface area contributed by atoms with Crippen molar-refractivity contribution in [3.63, 3.8) is 0 Å². The molecule has 0 spiro atoms. The monoisotopic (exact) mass is 454 g/mol. The van der Waals surface area contributed by atoms with E-state index >= 15 is 0 Å². The fourth-order valence-corrected chi connectivity index (χ4v) is 3.66. The number of carbonyl (C=O) groups is 1. The number of nitrogens with zero attached hydrogens (tertiary/aromatic N) is 2. The summed E-state index contributed by atoms with van der Waals surface area (Å²) in [7, 11) is 0. The predicted molar refractivity (Wildman–Crippen MR) is 123 cm³/mol. The van der Waals surface area contributed by atoms with E-state index in [-0.39, 0.29) is 23.8 Å². The van der Waals surface area contributed by atoms with E-state index in [0.717, 1.165) is 25.7 Å². The van der Waals surface area contributed by atoms with Gasteiger partial charge in [-0.05, 0) is 30.5 Å². The Morgan fingerprint density at radius 1 is 1.13 bits per heavy atom. The Morgan fingerprint density at radius 3 is 2.47 bits per heavy atom. The maximum Gasteiger partial charge on any atom is 0.330 e. The average molecular weight is 455 g/mol. The van der Waals surface area contributed by atoms with Crippen LogP contribution in [0, 0.1) is 0 Å². The zero-order chi connectivity index (χ0) is 22.3. The molecule has 0 saturated carbocycles. The van der Waals surface area contributed by atoms with Crippen molar-refractivity contribution in [1.29, 1.82) is 0 Å². The van der Waals surface area contributed by atoms with Gasteiger partial charge in [-0.2, -0.15) is 0 Å². The first-order valence-electron chi connectivity index (χ1n) is 10.2. The Bertz CT molecular complexity index is 1000. The first-order valence-corrected chi connectivity index (χ1v) is 10.9. The molecule has 1 amide bonds. The Labute approximate surface area is 185 Å². The van der Waals surface area contributed by atoms with Crippen LogP contribution in [0.2, 0.25) is 10.0 Å². The number of hydrogen-bond acceptors (Lipinski definition) is 4. The van der Waals surface area contributed by atoms with Crippen LogP contribution >= 0.6 is 23.2 Å². The predicted octanol–water partition coefficient (Wildman–Crippen LogP) is 3.99. The van der Waals surface area contributed by atoms with Gasteiger partial charge in [-0.1, -0.05) is 62.4 Å². The summed E-state index contributed by atoms with van der Waals surface area (Å²) in [6.07, 6.45) is 4.10. The Balaban J connectivity index is 2.46. The van der Waals surface area contributed by atoms with Gasteiger partial charge in [0.15, 0.2) is 5.69 Å². The van der Waals surface area contributed by atoms with Crippen LogP contribution in [-0.2, 0) is 17.8 Å². The number of nitrogens with one attached hydrogen (secondary N) is 1. The van der Waals surface area contributed by atoms with E-state index in [4.69, 9.17) is 28.9 Å². The topological polar surface area (TPSA) is 101 Å². The van der Waals surface area contributed by atoms with Crippen molar-refractivity contribution in [3.05, 3.63) is 54.6 Å². The zero-order valence-electron chi connectivity index (χ0n) is 17.3. The molecule has 164 valence electrons. The third-order valence-corrected chi connectivity index (χ3v) is 5.45. The molecule has 0 unspecified atom stereocenters. The highest BCUT2D eigenvalue weighted by Crippen LogP contribution is 2.24. The fraction of sp³-hybridized carbons (Fsp3) is 0.476. The van der Waals surface area contributed by atoms with E-state index in [0.29, 0.717) is 35.1 Å². The maximum atomic E-state index is 13.2. The second-order valence-corrected chi connectivity index (χ2v) is 8.01. The molecule has 0 aliphatic heterocycles. The van der Waals surface area contributed by atoms with Gasteiger partial charge in [-0.3, -0.25) is 19.1 Å². The van der Waals surface area contributed by atoms with Gasteiger partial charge in [0.25, 0.3) is 5.56 Å². The standard InChI is InChI=1S/C21H28Cl2N4O3/c1-3-5-7-11-26(17(28)12-14-8-9-15(22)13-16(14)23)18-19(24)27(10-6-4-2)21(30)25-20(18)29/h8-9,13H,3-7,10-12,24H2,1-2H3,(H,25,29,30). The highest BCUT2D eigenvalue weighted by molar-refractivity contribution is 6.35. The van der Waals surface area contributed by atoms with Gasteiger partial charge in [0.1, 0.15) is 5.82 Å². The van der Waals surface area contributed by atoms with Crippen LogP contribution in [0.3, 0.4) is 0 Å². The molecule has 2 aromatic rings. The van der Waals surface area contributed by atoms with Gasteiger partial charge in [-0.15, -0.1) is 0 Å². The van der Waals surface area contributed by atoms with Crippen LogP contribution in [0.15, 0.2) is 27.8 Å². The Morgan fingerprint density at radius 2 is 1.83 bits per heavy atom. The number of nitrogen functional groups attached to an aromatic ring is 1. The number of aromatic amines is 1. The average Bonchev–Trinajstić information content (AvgIpc) is 2.68. The number of rotatable bonds is 10. The number of hydrogen-bond donors (Lipinski definition) is 2. The fourth-order valence-electron chi connectivity index (χ4n) is 3.18. The van der Waals surface area contributed by atoms with Crippen LogP contribution in [0.5, 0.6) is 0 Å². The van der Waals surface area contributed by atoms with Gasteiger partial charge in [0.05, 0.1) is 6.42 Å². The summed E-state index contributed by atoms with van der Waals surface area (Å²) in [6.45, 7) is 4.72. The minimum Gasteiger partial charge on any atom is -0.383 e. The summed E-state index contributed by atoms with van der Waals surface area (Å²) < 4.78 is 1.32. The zero-order valence-corrected chi connectivity index (χ0v) is 18.9. The molecular weight excluding hydrogens is 427 g/mol. The lowest BCUT2D eigenvalue weighted by molar-refractivity contribution is -0.118. The van der Waals surface area contributed by atoms with E-state index in [9.17, 15) is 14.4 Å². The lowest BCUT2D eigenvalue weighted by atomic mass is 10.1. The quantitative estimate of drug-likeness (QED) is 0.529. The van der Waals surface area contributed by atoms with Gasteiger partial charge in [-0.25, -0.2) is 4.79 Å². The number of benzene rings is 1. The van der Waals surface area contributed by atoms with Crippen molar-refractivity contribution in [2.75, 3.05) is 17.2 Å². The third kappa shape index (κ3) is 5.89. The minimum absolute atomic E-state index is 0.00394. The largest absolute Gasteiger partial charge is 0.383 e. The van der Waals surface area contributed by atoms with Crippen LogP contribution in [0.25, 0.3) is 0 Å². The molecule has 0 aliphatic rings. The number of H-pyrrole nitrogens is 1. The molecule has 0 atom stereocenters. The highest BCUT2D eigenvalue weighted by atomic mass is 35.5. The molecule has 9 heteroatoms. The smallest absolute Gasteiger partial charge is 0.330 e. The van der Waals surface area contributed by atoms with E-state index in [2.05, 4.69) is 4.98 Å². The number of anilines is 2. The molecule has 7 nitrogen and oxygen atoms in total. The van der Waals surface area contributed by atoms with Gasteiger partial charge >= 0.3 is 5.69 Å². The minimum atomic E-state index is -0.669. The summed E-state index contributed by atoms with van der Waals surface area (Å²) in [5.41, 5.74) is 5.58. The van der Waals surface area contributed by atoms with Crippen LogP contribution < -0.4 is 21.9 Å². The molecular formula is C21H28Cl2N4O3. The first-order chi connectivity index (χ1) is 14.3. The molecule has 0 saturated heterocycles. The van der Waals surface area contributed by atoms with Crippen LogP contribution in [0.1, 0.15) is 51.5 Å². The van der Waals surface area contributed by atoms with Crippen molar-refractivity contribution in [2.45, 2.75) is 58.9 Å². The summed E-state index contributed by atoms with van der Waals surface area (Å²) in [4.78, 5) is 41.7. The van der Waals surface area contributed by atoms with Crippen molar-refractivity contribution in [1.82, 2.24) is 9.55 Å². The summed E-state index contributed by atoms with van der Waals surface area (Å²) in [6, 6.07) is 4.91.